The molecule has 0 amide bonds. The molecule has 2 rings (SSSR count). The van der Waals surface area contributed by atoms with E-state index in [4.69, 9.17) is 0 Å². The Labute approximate surface area is 105 Å². The van der Waals surface area contributed by atoms with Crippen LogP contribution in [0.4, 0.5) is 0 Å². The van der Waals surface area contributed by atoms with Crippen molar-refractivity contribution in [1.29, 1.82) is 0 Å². The van der Waals surface area contributed by atoms with Crippen molar-refractivity contribution >= 4 is 0 Å². The van der Waals surface area contributed by atoms with Crippen LogP contribution in [-0.2, 0) is 6.54 Å². The Morgan fingerprint density at radius 1 is 1.35 bits per heavy atom. The molecule has 1 aliphatic rings. The van der Waals surface area contributed by atoms with Crippen molar-refractivity contribution in [3.8, 4) is 0 Å². The first kappa shape index (κ1) is 12.7. The highest BCUT2D eigenvalue weighted by atomic mass is 15.1. The number of nitrogens with zero attached hydrogens (tertiary/aromatic N) is 1. The minimum absolute atomic E-state index is 0.739. The molecule has 0 aromatic carbocycles. The molecule has 1 aromatic rings. The lowest BCUT2D eigenvalue weighted by Crippen LogP contribution is -2.36. The molecule has 0 aliphatic carbocycles. The van der Waals surface area contributed by atoms with Crippen LogP contribution in [0.15, 0.2) is 18.3 Å². The average Bonchev–Trinajstić information content (AvgIpc) is 2.83. The van der Waals surface area contributed by atoms with Crippen molar-refractivity contribution in [2.45, 2.75) is 32.7 Å². The normalized spacial score (nSPS) is 19.4. The molecule has 1 atom stereocenters. The van der Waals surface area contributed by atoms with E-state index < -0.39 is 0 Å². The second kappa shape index (κ2) is 6.82. The third kappa shape index (κ3) is 4.52. The molecule has 1 unspecified atom stereocenters. The van der Waals surface area contributed by atoms with Gasteiger partial charge in [-0.15, -0.1) is 0 Å². The second-order valence-electron chi connectivity index (χ2n) is 5.29. The van der Waals surface area contributed by atoms with Gasteiger partial charge in [0.15, 0.2) is 0 Å². The standard InChI is InChI=1S/C14H25N3/c1-13(12-17-8-3-2-4-9-17)10-15-11-14-6-5-7-16-14/h5-7,13,15-16H,2-4,8-12H2,1H3. The van der Waals surface area contributed by atoms with Gasteiger partial charge in [0, 0.05) is 25.0 Å². The smallest absolute Gasteiger partial charge is 0.0357 e. The first-order chi connectivity index (χ1) is 8.34. The SMILES string of the molecule is CC(CNCc1ccc[nH]1)CN1CCCCC1. The Kier molecular flexibility index (Phi) is 5.08. The molecular formula is C14H25N3. The van der Waals surface area contributed by atoms with Crippen molar-refractivity contribution in [1.82, 2.24) is 15.2 Å². The van der Waals surface area contributed by atoms with Crippen LogP contribution < -0.4 is 5.32 Å². The maximum Gasteiger partial charge on any atom is 0.0357 e. The van der Waals surface area contributed by atoms with Crippen molar-refractivity contribution in [3.05, 3.63) is 24.0 Å². The Bertz CT molecular complexity index is 288. The van der Waals surface area contributed by atoms with E-state index in [-0.39, 0.29) is 0 Å². The van der Waals surface area contributed by atoms with E-state index in [2.05, 4.69) is 28.2 Å². The molecule has 2 heterocycles. The van der Waals surface area contributed by atoms with Crippen LogP contribution in [0.3, 0.4) is 0 Å². The van der Waals surface area contributed by atoms with Crippen molar-refractivity contribution in [2.75, 3.05) is 26.2 Å². The van der Waals surface area contributed by atoms with Gasteiger partial charge in [0.2, 0.25) is 0 Å². The van der Waals surface area contributed by atoms with Crippen molar-refractivity contribution < 1.29 is 0 Å². The molecule has 0 spiro atoms. The fourth-order valence-electron chi connectivity index (χ4n) is 2.58. The lowest BCUT2D eigenvalue weighted by Gasteiger charge is -2.29. The van der Waals surface area contributed by atoms with Crippen LogP contribution in [-0.4, -0.2) is 36.1 Å². The summed E-state index contributed by atoms with van der Waals surface area (Å²) < 4.78 is 0. The van der Waals surface area contributed by atoms with E-state index in [1.54, 1.807) is 0 Å². The number of hydrogen-bond donors (Lipinski definition) is 2. The van der Waals surface area contributed by atoms with Crippen molar-refractivity contribution in [2.24, 2.45) is 5.92 Å². The molecule has 0 radical (unpaired) electrons. The molecule has 1 aromatic heterocycles. The van der Waals surface area contributed by atoms with Gasteiger partial charge in [-0.1, -0.05) is 13.3 Å². The summed E-state index contributed by atoms with van der Waals surface area (Å²) in [6.07, 6.45) is 6.19. The van der Waals surface area contributed by atoms with Crippen LogP contribution in [0, 0.1) is 5.92 Å². The van der Waals surface area contributed by atoms with Crippen LogP contribution in [0.1, 0.15) is 31.9 Å². The number of nitrogens with one attached hydrogen (secondary N) is 2. The third-order valence-corrected chi connectivity index (χ3v) is 3.49. The van der Waals surface area contributed by atoms with E-state index >= 15 is 0 Å². The van der Waals surface area contributed by atoms with Gasteiger partial charge in [-0.05, 0) is 50.5 Å². The summed E-state index contributed by atoms with van der Waals surface area (Å²) in [6, 6.07) is 4.18. The fraction of sp³-hybridized carbons (Fsp3) is 0.714. The molecule has 96 valence electrons. The fourth-order valence-corrected chi connectivity index (χ4v) is 2.58. The zero-order valence-electron chi connectivity index (χ0n) is 10.9. The molecular weight excluding hydrogens is 210 g/mol. The molecule has 3 nitrogen and oxygen atoms in total. The van der Waals surface area contributed by atoms with E-state index in [0.29, 0.717) is 0 Å². The van der Waals surface area contributed by atoms with Gasteiger partial charge in [-0.2, -0.15) is 0 Å². The quantitative estimate of drug-likeness (QED) is 0.792. The number of piperidine rings is 1. The summed E-state index contributed by atoms with van der Waals surface area (Å²) in [5, 5.41) is 3.52. The largest absolute Gasteiger partial charge is 0.364 e. The number of likely N-dealkylation sites (tertiary alicyclic amines) is 1. The van der Waals surface area contributed by atoms with Gasteiger partial charge < -0.3 is 15.2 Å². The minimum Gasteiger partial charge on any atom is -0.364 e. The van der Waals surface area contributed by atoms with Gasteiger partial charge >= 0.3 is 0 Å². The van der Waals surface area contributed by atoms with E-state index in [9.17, 15) is 0 Å². The van der Waals surface area contributed by atoms with Crippen molar-refractivity contribution in [3.63, 3.8) is 0 Å². The summed E-state index contributed by atoms with van der Waals surface area (Å²) in [5.74, 6) is 0.739. The maximum atomic E-state index is 3.52. The molecule has 17 heavy (non-hydrogen) atoms. The van der Waals surface area contributed by atoms with Crippen LogP contribution in [0.25, 0.3) is 0 Å². The predicted octanol–water partition coefficient (Wildman–Crippen LogP) is 2.23. The Morgan fingerprint density at radius 3 is 2.88 bits per heavy atom. The number of aromatic nitrogens is 1. The van der Waals surface area contributed by atoms with Crippen LogP contribution in [0.5, 0.6) is 0 Å². The number of hydrogen-bond acceptors (Lipinski definition) is 2. The molecule has 1 aliphatic heterocycles. The van der Waals surface area contributed by atoms with E-state index in [1.165, 1.54) is 44.6 Å². The van der Waals surface area contributed by atoms with Gasteiger partial charge in [0.25, 0.3) is 0 Å². The summed E-state index contributed by atoms with van der Waals surface area (Å²) >= 11 is 0. The van der Waals surface area contributed by atoms with Crippen LogP contribution >= 0.6 is 0 Å². The highest BCUT2D eigenvalue weighted by molar-refractivity contribution is 5.02. The Balaban J connectivity index is 1.58. The monoisotopic (exact) mass is 235 g/mol. The van der Waals surface area contributed by atoms with E-state index in [0.717, 1.165) is 19.0 Å². The summed E-state index contributed by atoms with van der Waals surface area (Å²) in [7, 11) is 0. The second-order valence-corrected chi connectivity index (χ2v) is 5.29. The molecule has 0 bridgehead atoms. The highest BCUT2D eigenvalue weighted by Crippen LogP contribution is 2.10. The summed E-state index contributed by atoms with van der Waals surface area (Å²) in [5.41, 5.74) is 1.27. The summed E-state index contributed by atoms with van der Waals surface area (Å²) in [4.78, 5) is 5.83. The zero-order valence-corrected chi connectivity index (χ0v) is 10.9. The summed E-state index contributed by atoms with van der Waals surface area (Å²) in [6.45, 7) is 8.27. The number of aromatic amines is 1. The molecule has 2 N–H and O–H groups in total. The van der Waals surface area contributed by atoms with Gasteiger partial charge in [0.05, 0.1) is 0 Å². The first-order valence-corrected chi connectivity index (χ1v) is 6.90. The van der Waals surface area contributed by atoms with Gasteiger partial charge in [-0.3, -0.25) is 0 Å². The third-order valence-electron chi connectivity index (χ3n) is 3.49. The number of H-pyrrole nitrogens is 1. The topological polar surface area (TPSA) is 31.1 Å². The maximum absolute atomic E-state index is 3.52. The zero-order chi connectivity index (χ0) is 11.9. The molecule has 3 heteroatoms. The Hall–Kier alpha value is -0.800. The number of rotatable bonds is 6. The molecule has 1 saturated heterocycles. The lowest BCUT2D eigenvalue weighted by molar-refractivity contribution is 0.199. The lowest BCUT2D eigenvalue weighted by atomic mass is 10.1. The molecule has 0 saturated carbocycles. The highest BCUT2D eigenvalue weighted by Gasteiger charge is 2.12. The van der Waals surface area contributed by atoms with Gasteiger partial charge in [-0.25, -0.2) is 0 Å². The minimum atomic E-state index is 0.739. The predicted molar refractivity (Wildman–Crippen MR) is 72.0 cm³/mol. The van der Waals surface area contributed by atoms with Crippen LogP contribution in [0.2, 0.25) is 0 Å². The Morgan fingerprint density at radius 2 is 2.18 bits per heavy atom. The van der Waals surface area contributed by atoms with Gasteiger partial charge in [0.1, 0.15) is 0 Å². The van der Waals surface area contributed by atoms with E-state index in [1.807, 2.05) is 12.3 Å². The molecule has 1 fully saturated rings. The average molecular weight is 235 g/mol. The first-order valence-electron chi connectivity index (χ1n) is 6.90.